The molecular weight excluding hydrogens is 216 g/mol. The summed E-state index contributed by atoms with van der Waals surface area (Å²) in [7, 11) is 0. The van der Waals surface area contributed by atoms with Gasteiger partial charge in [0.05, 0.1) is 13.0 Å². The summed E-state index contributed by atoms with van der Waals surface area (Å²) in [6.07, 6.45) is 2.48. The van der Waals surface area contributed by atoms with Gasteiger partial charge in [-0.3, -0.25) is 4.79 Å². The third-order valence-electron chi connectivity index (χ3n) is 2.34. The van der Waals surface area contributed by atoms with Crippen molar-refractivity contribution >= 4 is 5.97 Å². The maximum absolute atomic E-state index is 11.3. The minimum Gasteiger partial charge on any atom is -0.461 e. The topological polar surface area (TPSA) is 35.5 Å². The lowest BCUT2D eigenvalue weighted by molar-refractivity contribution is -0.146. The Bertz CT molecular complexity index is 309. The van der Waals surface area contributed by atoms with Crippen LogP contribution in [0.4, 0.5) is 0 Å². The van der Waals surface area contributed by atoms with Gasteiger partial charge in [-0.2, -0.15) is 0 Å². The smallest absolute Gasteiger partial charge is 0.308 e. The van der Waals surface area contributed by atoms with Gasteiger partial charge in [-0.1, -0.05) is 43.7 Å². The van der Waals surface area contributed by atoms with Gasteiger partial charge in [0.1, 0.15) is 6.61 Å². The highest BCUT2D eigenvalue weighted by atomic mass is 16.5. The summed E-state index contributed by atoms with van der Waals surface area (Å²) < 4.78 is 10.4. The molecule has 0 N–H and O–H groups in total. The third-order valence-corrected chi connectivity index (χ3v) is 2.34. The summed E-state index contributed by atoms with van der Waals surface area (Å²) in [4.78, 5) is 11.3. The van der Waals surface area contributed by atoms with Crippen molar-refractivity contribution in [1.82, 2.24) is 0 Å². The molecule has 0 spiro atoms. The number of rotatable bonds is 8. The monoisotopic (exact) mass is 236 g/mol. The van der Waals surface area contributed by atoms with E-state index < -0.39 is 0 Å². The van der Waals surface area contributed by atoms with Crippen molar-refractivity contribution in [3.8, 4) is 0 Å². The van der Waals surface area contributed by atoms with Gasteiger partial charge in [-0.25, -0.2) is 0 Å². The Morgan fingerprint density at radius 2 is 1.94 bits per heavy atom. The molecule has 0 saturated carbocycles. The lowest BCUT2D eigenvalue weighted by Gasteiger charge is -2.05. The number of unbranched alkanes of at least 4 members (excludes halogenated alkanes) is 1. The first kappa shape index (κ1) is 13.7. The van der Waals surface area contributed by atoms with Gasteiger partial charge in [0, 0.05) is 6.61 Å². The number of carbonyl (C=O) groups is 1. The van der Waals surface area contributed by atoms with Gasteiger partial charge in [0.25, 0.3) is 0 Å². The van der Waals surface area contributed by atoms with E-state index in [-0.39, 0.29) is 5.97 Å². The van der Waals surface area contributed by atoms with Crippen LogP contribution in [0.15, 0.2) is 30.3 Å². The van der Waals surface area contributed by atoms with E-state index in [1.165, 1.54) is 0 Å². The van der Waals surface area contributed by atoms with E-state index in [0.717, 1.165) is 25.0 Å². The highest BCUT2D eigenvalue weighted by molar-refractivity contribution is 5.69. The number of hydrogen-bond donors (Lipinski definition) is 0. The zero-order valence-electron chi connectivity index (χ0n) is 10.4. The van der Waals surface area contributed by atoms with Gasteiger partial charge in [0.15, 0.2) is 0 Å². The number of benzene rings is 1. The molecule has 0 aromatic heterocycles. The zero-order valence-corrected chi connectivity index (χ0v) is 10.4. The molecule has 1 aromatic rings. The maximum Gasteiger partial charge on any atom is 0.308 e. The lowest BCUT2D eigenvalue weighted by Crippen LogP contribution is -2.08. The lowest BCUT2D eigenvalue weighted by atomic mass is 10.2. The molecule has 1 rings (SSSR count). The molecule has 0 aliphatic rings. The summed E-state index contributed by atoms with van der Waals surface area (Å²) in [5.41, 5.74) is 1.01. The predicted molar refractivity (Wildman–Crippen MR) is 66.6 cm³/mol. The van der Waals surface area contributed by atoms with E-state index >= 15 is 0 Å². The molecule has 0 amide bonds. The molecule has 0 aliphatic carbocycles. The van der Waals surface area contributed by atoms with E-state index in [0.29, 0.717) is 19.6 Å². The molecule has 0 fully saturated rings. The summed E-state index contributed by atoms with van der Waals surface area (Å²) in [5, 5.41) is 0. The fraction of sp³-hybridized carbons (Fsp3) is 0.500. The van der Waals surface area contributed by atoms with E-state index in [1.54, 1.807) is 0 Å². The quantitative estimate of drug-likeness (QED) is 0.514. The van der Waals surface area contributed by atoms with Gasteiger partial charge in [-0.15, -0.1) is 0 Å². The highest BCUT2D eigenvalue weighted by Crippen LogP contribution is 2.01. The van der Waals surface area contributed by atoms with Crippen LogP contribution in [0, 0.1) is 0 Å². The molecule has 0 saturated heterocycles. The Morgan fingerprint density at radius 1 is 1.18 bits per heavy atom. The normalized spacial score (nSPS) is 10.2. The fourth-order valence-corrected chi connectivity index (χ4v) is 1.31. The molecule has 0 unspecified atom stereocenters. The van der Waals surface area contributed by atoms with Crippen molar-refractivity contribution in [3.05, 3.63) is 35.9 Å². The van der Waals surface area contributed by atoms with Crippen LogP contribution in [0.1, 0.15) is 31.7 Å². The van der Waals surface area contributed by atoms with Crippen LogP contribution in [0.25, 0.3) is 0 Å². The van der Waals surface area contributed by atoms with Crippen LogP contribution in [-0.4, -0.2) is 19.2 Å². The molecule has 17 heavy (non-hydrogen) atoms. The standard InChI is InChI=1S/C14H20O3/c1-2-3-10-16-11-9-14(15)17-12-13-7-5-4-6-8-13/h4-8H,2-3,9-12H2,1H3. The first-order valence-corrected chi connectivity index (χ1v) is 6.10. The van der Waals surface area contributed by atoms with Crippen molar-refractivity contribution in [2.24, 2.45) is 0 Å². The largest absolute Gasteiger partial charge is 0.461 e. The number of esters is 1. The third kappa shape index (κ3) is 6.74. The van der Waals surface area contributed by atoms with Crippen molar-refractivity contribution in [3.63, 3.8) is 0 Å². The van der Waals surface area contributed by atoms with Crippen LogP contribution in [0.2, 0.25) is 0 Å². The second kappa shape index (κ2) is 8.76. The average Bonchev–Trinajstić information content (AvgIpc) is 2.37. The molecule has 0 atom stereocenters. The highest BCUT2D eigenvalue weighted by Gasteiger charge is 2.02. The number of ether oxygens (including phenoxy) is 2. The van der Waals surface area contributed by atoms with Crippen molar-refractivity contribution in [2.45, 2.75) is 32.8 Å². The molecular formula is C14H20O3. The molecule has 0 radical (unpaired) electrons. The summed E-state index contributed by atoms with van der Waals surface area (Å²) in [6.45, 7) is 3.63. The maximum atomic E-state index is 11.3. The SMILES string of the molecule is CCCCOCCC(=O)OCc1ccccc1. The summed E-state index contributed by atoms with van der Waals surface area (Å²) >= 11 is 0. The van der Waals surface area contributed by atoms with Gasteiger partial charge >= 0.3 is 5.97 Å². The Labute approximate surface area is 103 Å². The molecule has 1 aromatic carbocycles. The zero-order chi connectivity index (χ0) is 12.3. The molecule has 0 aliphatic heterocycles. The van der Waals surface area contributed by atoms with Gasteiger partial charge < -0.3 is 9.47 Å². The number of carbonyl (C=O) groups excluding carboxylic acids is 1. The van der Waals surface area contributed by atoms with Crippen LogP contribution in [0.5, 0.6) is 0 Å². The first-order valence-electron chi connectivity index (χ1n) is 6.10. The Hall–Kier alpha value is -1.35. The van der Waals surface area contributed by atoms with E-state index in [9.17, 15) is 4.79 Å². The second-order valence-electron chi connectivity index (χ2n) is 3.86. The minimum atomic E-state index is -0.203. The Morgan fingerprint density at radius 3 is 2.65 bits per heavy atom. The van der Waals surface area contributed by atoms with E-state index in [2.05, 4.69) is 6.92 Å². The minimum absolute atomic E-state index is 0.203. The van der Waals surface area contributed by atoms with Crippen molar-refractivity contribution < 1.29 is 14.3 Å². The second-order valence-corrected chi connectivity index (χ2v) is 3.86. The Kier molecular flexibility index (Phi) is 7.07. The predicted octanol–water partition coefficient (Wildman–Crippen LogP) is 2.94. The van der Waals surface area contributed by atoms with E-state index in [1.807, 2.05) is 30.3 Å². The molecule has 3 heteroatoms. The fourth-order valence-electron chi connectivity index (χ4n) is 1.31. The van der Waals surface area contributed by atoms with Crippen LogP contribution >= 0.6 is 0 Å². The number of hydrogen-bond acceptors (Lipinski definition) is 3. The average molecular weight is 236 g/mol. The van der Waals surface area contributed by atoms with Gasteiger partial charge in [-0.05, 0) is 12.0 Å². The molecule has 94 valence electrons. The summed E-state index contributed by atoms with van der Waals surface area (Å²) in [5.74, 6) is -0.203. The van der Waals surface area contributed by atoms with Crippen LogP contribution in [0.3, 0.4) is 0 Å². The summed E-state index contributed by atoms with van der Waals surface area (Å²) in [6, 6.07) is 9.66. The van der Waals surface area contributed by atoms with Crippen LogP contribution in [-0.2, 0) is 20.9 Å². The van der Waals surface area contributed by atoms with Gasteiger partial charge in [0.2, 0.25) is 0 Å². The first-order chi connectivity index (χ1) is 8.33. The molecule has 0 bridgehead atoms. The Balaban J connectivity index is 2.05. The van der Waals surface area contributed by atoms with E-state index in [4.69, 9.17) is 9.47 Å². The van der Waals surface area contributed by atoms with Crippen LogP contribution < -0.4 is 0 Å². The van der Waals surface area contributed by atoms with Crippen molar-refractivity contribution in [2.75, 3.05) is 13.2 Å². The molecule has 3 nitrogen and oxygen atoms in total. The molecule has 0 heterocycles. The van der Waals surface area contributed by atoms with Crippen molar-refractivity contribution in [1.29, 1.82) is 0 Å².